The zero-order valence-electron chi connectivity index (χ0n) is 14.1. The van der Waals surface area contributed by atoms with E-state index in [1.165, 1.54) is 12.8 Å². The summed E-state index contributed by atoms with van der Waals surface area (Å²) in [4.78, 5) is 23.5. The summed E-state index contributed by atoms with van der Waals surface area (Å²) in [5.41, 5.74) is 2.63. The van der Waals surface area contributed by atoms with Crippen LogP contribution >= 0.6 is 0 Å². The lowest BCUT2D eigenvalue weighted by atomic mass is 10.1. The van der Waals surface area contributed by atoms with Gasteiger partial charge in [0.15, 0.2) is 5.69 Å². The molecule has 0 unspecified atom stereocenters. The van der Waals surface area contributed by atoms with Crippen molar-refractivity contribution in [2.75, 3.05) is 18.4 Å². The van der Waals surface area contributed by atoms with E-state index in [1.807, 2.05) is 11.0 Å². The van der Waals surface area contributed by atoms with Crippen molar-refractivity contribution in [1.29, 1.82) is 0 Å². The Morgan fingerprint density at radius 2 is 2.00 bits per heavy atom. The van der Waals surface area contributed by atoms with Gasteiger partial charge in [-0.25, -0.2) is 9.97 Å². The minimum Gasteiger partial charge on any atom is -0.367 e. The predicted octanol–water partition coefficient (Wildman–Crippen LogP) is 2.16. The van der Waals surface area contributed by atoms with Crippen molar-refractivity contribution < 1.29 is 9.32 Å². The normalized spacial score (nSPS) is 20.1. The molecule has 2 aromatic heterocycles. The Hall–Kier alpha value is -2.44. The Morgan fingerprint density at radius 3 is 2.80 bits per heavy atom. The number of hydrogen-bond acceptors (Lipinski definition) is 6. The molecule has 0 radical (unpaired) electrons. The van der Waals surface area contributed by atoms with Crippen molar-refractivity contribution in [3.8, 4) is 0 Å². The topological polar surface area (TPSA) is 84.2 Å². The van der Waals surface area contributed by atoms with Gasteiger partial charge in [0.05, 0.1) is 5.69 Å². The van der Waals surface area contributed by atoms with Gasteiger partial charge in [0, 0.05) is 43.1 Å². The maximum atomic E-state index is 12.8. The third-order valence-corrected chi connectivity index (χ3v) is 5.22. The van der Waals surface area contributed by atoms with E-state index in [1.54, 1.807) is 6.33 Å². The van der Waals surface area contributed by atoms with Crippen LogP contribution in [0.3, 0.4) is 0 Å². The summed E-state index contributed by atoms with van der Waals surface area (Å²) in [7, 11) is 0. The second-order valence-electron chi connectivity index (χ2n) is 7.25. The Morgan fingerprint density at radius 1 is 1.16 bits per heavy atom. The molecule has 0 spiro atoms. The SMILES string of the molecule is O=C(c1cc(C2CC2)on1)N1CCc2ncnc(NC3CC3)c2CC1. The number of nitrogens with zero attached hydrogens (tertiary/aromatic N) is 4. The van der Waals surface area contributed by atoms with E-state index in [9.17, 15) is 4.79 Å². The van der Waals surface area contributed by atoms with Crippen molar-refractivity contribution in [3.05, 3.63) is 35.1 Å². The second kappa shape index (κ2) is 5.82. The first-order valence-corrected chi connectivity index (χ1v) is 9.13. The van der Waals surface area contributed by atoms with E-state index in [0.29, 0.717) is 30.7 Å². The van der Waals surface area contributed by atoms with Crippen molar-refractivity contribution in [1.82, 2.24) is 20.0 Å². The molecule has 130 valence electrons. The number of fused-ring (bicyclic) bond motifs is 1. The van der Waals surface area contributed by atoms with Gasteiger partial charge in [0.25, 0.3) is 5.91 Å². The lowest BCUT2D eigenvalue weighted by Gasteiger charge is -2.18. The molecule has 1 N–H and O–H groups in total. The summed E-state index contributed by atoms with van der Waals surface area (Å²) >= 11 is 0. The number of rotatable bonds is 4. The molecule has 2 fully saturated rings. The first kappa shape index (κ1) is 14.9. The molecule has 0 atom stereocenters. The van der Waals surface area contributed by atoms with Crippen LogP contribution in [-0.2, 0) is 12.8 Å². The van der Waals surface area contributed by atoms with Crippen LogP contribution in [-0.4, -0.2) is 45.1 Å². The summed E-state index contributed by atoms with van der Waals surface area (Å²) in [6.45, 7) is 1.31. The minimum atomic E-state index is -0.0480. The van der Waals surface area contributed by atoms with Crippen LogP contribution in [0.5, 0.6) is 0 Å². The molecule has 1 aliphatic heterocycles. The Bertz CT molecular complexity index is 810. The number of amides is 1. The molecule has 2 saturated carbocycles. The molecular weight excluding hydrogens is 318 g/mol. The molecule has 1 amide bonds. The van der Waals surface area contributed by atoms with Gasteiger partial charge in [0.2, 0.25) is 0 Å². The lowest BCUT2D eigenvalue weighted by Crippen LogP contribution is -2.33. The van der Waals surface area contributed by atoms with Gasteiger partial charge in [-0.05, 0) is 32.1 Å². The first-order chi connectivity index (χ1) is 12.3. The van der Waals surface area contributed by atoms with Crippen LogP contribution in [0.15, 0.2) is 16.9 Å². The summed E-state index contributed by atoms with van der Waals surface area (Å²) in [6, 6.07) is 2.37. The highest BCUT2D eigenvalue weighted by molar-refractivity contribution is 5.92. The zero-order chi connectivity index (χ0) is 16.8. The molecule has 0 aromatic carbocycles. The monoisotopic (exact) mass is 339 g/mol. The van der Waals surface area contributed by atoms with E-state index in [-0.39, 0.29) is 5.91 Å². The fourth-order valence-corrected chi connectivity index (χ4v) is 3.39. The average Bonchev–Trinajstić information content (AvgIpc) is 3.54. The van der Waals surface area contributed by atoms with Gasteiger partial charge in [-0.2, -0.15) is 0 Å². The highest BCUT2D eigenvalue weighted by Crippen LogP contribution is 2.40. The van der Waals surface area contributed by atoms with Crippen molar-refractivity contribution in [2.24, 2.45) is 0 Å². The maximum absolute atomic E-state index is 12.8. The Kier molecular flexibility index (Phi) is 3.46. The third-order valence-electron chi connectivity index (χ3n) is 5.22. The number of nitrogens with one attached hydrogen (secondary N) is 1. The van der Waals surface area contributed by atoms with Crippen LogP contribution in [0, 0.1) is 0 Å². The molecular formula is C18H21N5O2. The fraction of sp³-hybridized carbons (Fsp3) is 0.556. The van der Waals surface area contributed by atoms with Gasteiger partial charge in [-0.3, -0.25) is 4.79 Å². The molecule has 2 aromatic rings. The zero-order valence-corrected chi connectivity index (χ0v) is 14.1. The maximum Gasteiger partial charge on any atom is 0.276 e. The van der Waals surface area contributed by atoms with E-state index in [2.05, 4.69) is 20.4 Å². The summed E-state index contributed by atoms with van der Waals surface area (Å²) < 4.78 is 5.33. The summed E-state index contributed by atoms with van der Waals surface area (Å²) in [6.07, 6.45) is 7.83. The number of carbonyl (C=O) groups is 1. The largest absolute Gasteiger partial charge is 0.367 e. The Balaban J connectivity index is 1.32. The van der Waals surface area contributed by atoms with Crippen LogP contribution < -0.4 is 5.32 Å². The molecule has 2 aliphatic carbocycles. The van der Waals surface area contributed by atoms with Gasteiger partial charge in [-0.1, -0.05) is 5.16 Å². The molecule has 5 rings (SSSR count). The fourth-order valence-electron chi connectivity index (χ4n) is 3.39. The van der Waals surface area contributed by atoms with Crippen molar-refractivity contribution in [3.63, 3.8) is 0 Å². The van der Waals surface area contributed by atoms with Crippen molar-refractivity contribution in [2.45, 2.75) is 50.5 Å². The molecule has 3 aliphatic rings. The second-order valence-corrected chi connectivity index (χ2v) is 7.25. The van der Waals surface area contributed by atoms with Crippen LogP contribution in [0.1, 0.15) is 59.1 Å². The van der Waals surface area contributed by atoms with E-state index >= 15 is 0 Å². The molecule has 7 nitrogen and oxygen atoms in total. The van der Waals surface area contributed by atoms with Crippen LogP contribution in [0.4, 0.5) is 5.82 Å². The quantitative estimate of drug-likeness (QED) is 0.919. The number of aromatic nitrogens is 3. The lowest BCUT2D eigenvalue weighted by molar-refractivity contribution is 0.0752. The molecule has 25 heavy (non-hydrogen) atoms. The first-order valence-electron chi connectivity index (χ1n) is 9.13. The third kappa shape index (κ3) is 2.99. The smallest absolute Gasteiger partial charge is 0.276 e. The highest BCUT2D eigenvalue weighted by atomic mass is 16.5. The molecule has 3 heterocycles. The molecule has 0 saturated heterocycles. The predicted molar refractivity (Wildman–Crippen MR) is 90.5 cm³/mol. The van der Waals surface area contributed by atoms with E-state index < -0.39 is 0 Å². The Labute approximate surface area is 145 Å². The minimum absolute atomic E-state index is 0.0480. The highest BCUT2D eigenvalue weighted by Gasteiger charge is 2.31. The van der Waals surface area contributed by atoms with Crippen molar-refractivity contribution >= 4 is 11.7 Å². The van der Waals surface area contributed by atoms with E-state index in [4.69, 9.17) is 4.52 Å². The van der Waals surface area contributed by atoms with Gasteiger partial charge in [0.1, 0.15) is 17.9 Å². The van der Waals surface area contributed by atoms with Gasteiger partial charge in [-0.15, -0.1) is 0 Å². The van der Waals surface area contributed by atoms with Gasteiger partial charge < -0.3 is 14.7 Å². The number of anilines is 1. The molecule has 0 bridgehead atoms. The molecule has 7 heteroatoms. The van der Waals surface area contributed by atoms with Crippen LogP contribution in [0.25, 0.3) is 0 Å². The standard InChI is InChI=1S/C18H21N5O2/c24-18(15-9-16(25-22-15)11-1-2-11)23-7-5-13-14(6-8-23)19-10-20-17(13)21-12-3-4-12/h9-12H,1-8H2,(H,19,20,21). The summed E-state index contributed by atoms with van der Waals surface area (Å²) in [5, 5.41) is 7.48. The van der Waals surface area contributed by atoms with E-state index in [0.717, 1.165) is 48.5 Å². The number of hydrogen-bond donors (Lipinski definition) is 1. The van der Waals surface area contributed by atoms with Gasteiger partial charge >= 0.3 is 0 Å². The summed E-state index contributed by atoms with van der Waals surface area (Å²) in [5.74, 6) is 2.21. The van der Waals surface area contributed by atoms with Crippen LogP contribution in [0.2, 0.25) is 0 Å². The number of carbonyl (C=O) groups excluding carboxylic acids is 1. The average molecular weight is 339 g/mol.